The van der Waals surface area contributed by atoms with Crippen LogP contribution >= 0.6 is 0 Å². The van der Waals surface area contributed by atoms with Gasteiger partial charge < -0.3 is 9.47 Å². The molecule has 0 aliphatic carbocycles. The lowest BCUT2D eigenvalue weighted by molar-refractivity contribution is -0.276. The molecule has 20 heavy (non-hydrogen) atoms. The Kier molecular flexibility index (Phi) is 5.12. The van der Waals surface area contributed by atoms with Crippen LogP contribution in [0, 0.1) is 0 Å². The van der Waals surface area contributed by atoms with Gasteiger partial charge in [-0.15, -0.1) is 13.2 Å². The molecular weight excluding hydrogens is 286 g/mol. The normalized spacial score (nSPS) is 11.2. The summed E-state index contributed by atoms with van der Waals surface area (Å²) in [6, 6.07) is 0.844. The van der Waals surface area contributed by atoms with Crippen LogP contribution in [0.1, 0.15) is 18.1 Å². The van der Waals surface area contributed by atoms with Gasteiger partial charge in [0.15, 0.2) is 0 Å². The number of ether oxygens (including phenoxy) is 2. The van der Waals surface area contributed by atoms with Crippen molar-refractivity contribution in [1.29, 1.82) is 0 Å². The summed E-state index contributed by atoms with van der Waals surface area (Å²) in [7, 11) is 0. The van der Waals surface area contributed by atoms with Crippen LogP contribution in [0.4, 0.5) is 17.6 Å². The van der Waals surface area contributed by atoms with E-state index in [1.807, 2.05) is 0 Å². The van der Waals surface area contributed by atoms with E-state index in [0.717, 1.165) is 6.07 Å². The lowest BCUT2D eigenvalue weighted by atomic mass is 10.1. The van der Waals surface area contributed by atoms with Crippen LogP contribution in [-0.4, -0.2) is 23.9 Å². The van der Waals surface area contributed by atoms with Crippen LogP contribution in [-0.2, 0) is 22.6 Å². The summed E-state index contributed by atoms with van der Waals surface area (Å²) in [6.45, 7) is 0.371. The zero-order chi connectivity index (χ0) is 15.3. The van der Waals surface area contributed by atoms with Crippen molar-refractivity contribution in [2.75, 3.05) is 6.61 Å². The van der Waals surface area contributed by atoms with Gasteiger partial charge in [0.25, 0.3) is 5.56 Å². The number of hydrogen-bond acceptors (Lipinski definition) is 4. The van der Waals surface area contributed by atoms with Crippen molar-refractivity contribution >= 4 is 5.97 Å². The van der Waals surface area contributed by atoms with Crippen LogP contribution in [0.15, 0.2) is 10.9 Å². The molecule has 0 saturated heterocycles. The molecule has 0 atom stereocenters. The molecule has 0 radical (unpaired) electrons. The van der Waals surface area contributed by atoms with E-state index in [4.69, 9.17) is 0 Å². The maximum atomic E-state index is 12.5. The molecule has 0 fully saturated rings. The average molecular weight is 297 g/mol. The number of halogens is 4. The van der Waals surface area contributed by atoms with Crippen molar-refractivity contribution in [3.8, 4) is 5.88 Å². The summed E-state index contributed by atoms with van der Waals surface area (Å²) in [5.41, 5.74) is -1.77. The second kappa shape index (κ2) is 6.40. The zero-order valence-electron chi connectivity index (χ0n) is 10.3. The number of nitrogens with one attached hydrogen (secondary N) is 1. The molecule has 1 aromatic rings. The van der Waals surface area contributed by atoms with Gasteiger partial charge in [-0.2, -0.15) is 0 Å². The number of aromatic nitrogens is 1. The molecule has 0 unspecified atom stereocenters. The van der Waals surface area contributed by atoms with Gasteiger partial charge in [0.2, 0.25) is 5.88 Å². The molecule has 1 N–H and O–H groups in total. The van der Waals surface area contributed by atoms with Gasteiger partial charge in [0.05, 0.1) is 13.0 Å². The Hall–Kier alpha value is -2.06. The third kappa shape index (κ3) is 4.56. The van der Waals surface area contributed by atoms with Crippen molar-refractivity contribution in [2.45, 2.75) is 26.4 Å². The number of hydrogen-bond donors (Lipinski definition) is 1. The van der Waals surface area contributed by atoms with Crippen LogP contribution in [0.2, 0.25) is 0 Å². The number of carbonyl (C=O) groups excluding carboxylic acids is 1. The summed E-state index contributed by atoms with van der Waals surface area (Å²) < 4.78 is 57.3. The maximum absolute atomic E-state index is 12.5. The van der Waals surface area contributed by atoms with Crippen LogP contribution < -0.4 is 10.3 Å². The highest BCUT2D eigenvalue weighted by atomic mass is 19.4. The van der Waals surface area contributed by atoms with E-state index in [1.165, 1.54) is 6.92 Å². The Bertz CT molecular complexity index is 538. The van der Waals surface area contributed by atoms with Crippen molar-refractivity contribution in [2.24, 2.45) is 0 Å². The smallest absolute Gasteiger partial charge is 0.466 e. The molecule has 1 aromatic heterocycles. The van der Waals surface area contributed by atoms with E-state index >= 15 is 0 Å². The standard InChI is InChI=1S/C11H11F4NO4/c1-2-19-8(17)4-6-3-7(5-12)9(18)16-10(6)20-11(13,14)15/h3H,2,4-5H2,1H3,(H,16,18). The molecular formula is C11H11F4NO4. The maximum Gasteiger partial charge on any atom is 0.574 e. The number of rotatable bonds is 5. The lowest BCUT2D eigenvalue weighted by Gasteiger charge is -2.13. The minimum Gasteiger partial charge on any atom is -0.466 e. The highest BCUT2D eigenvalue weighted by Gasteiger charge is 2.33. The minimum absolute atomic E-state index is 0.0353. The third-order valence-electron chi connectivity index (χ3n) is 2.16. The molecule has 0 bridgehead atoms. The van der Waals surface area contributed by atoms with E-state index < -0.39 is 42.4 Å². The van der Waals surface area contributed by atoms with Crippen LogP contribution in [0.3, 0.4) is 0 Å². The highest BCUT2D eigenvalue weighted by molar-refractivity contribution is 5.73. The molecule has 0 aliphatic heterocycles. The summed E-state index contributed by atoms with van der Waals surface area (Å²) in [5.74, 6) is -1.77. The molecule has 112 valence electrons. The molecule has 0 aromatic carbocycles. The lowest BCUT2D eigenvalue weighted by Crippen LogP contribution is -2.23. The number of H-pyrrole nitrogens is 1. The van der Waals surface area contributed by atoms with Crippen molar-refractivity contribution in [3.63, 3.8) is 0 Å². The summed E-state index contributed by atoms with van der Waals surface area (Å²) in [6.07, 6.45) is -5.63. The number of pyridine rings is 1. The first-order valence-corrected chi connectivity index (χ1v) is 5.49. The van der Waals surface area contributed by atoms with Crippen molar-refractivity contribution < 1.29 is 31.8 Å². The second-order valence-electron chi connectivity index (χ2n) is 3.64. The number of alkyl halides is 4. The van der Waals surface area contributed by atoms with Crippen LogP contribution in [0.25, 0.3) is 0 Å². The first kappa shape index (κ1) is 16.0. The van der Waals surface area contributed by atoms with E-state index in [0.29, 0.717) is 0 Å². The number of carbonyl (C=O) groups is 1. The van der Waals surface area contributed by atoms with E-state index in [9.17, 15) is 27.2 Å². The van der Waals surface area contributed by atoms with Crippen molar-refractivity contribution in [3.05, 3.63) is 27.5 Å². The Labute approximate surface area is 110 Å². The molecule has 0 spiro atoms. The monoisotopic (exact) mass is 297 g/mol. The van der Waals surface area contributed by atoms with Crippen molar-refractivity contribution in [1.82, 2.24) is 4.98 Å². The number of aromatic amines is 1. The SMILES string of the molecule is CCOC(=O)Cc1cc(CF)c(=O)[nH]c1OC(F)(F)F. The Morgan fingerprint density at radius 1 is 1.35 bits per heavy atom. The molecule has 1 rings (SSSR count). The van der Waals surface area contributed by atoms with E-state index in [-0.39, 0.29) is 12.2 Å². The summed E-state index contributed by atoms with van der Waals surface area (Å²) in [5, 5.41) is 0. The fraction of sp³-hybridized carbons (Fsp3) is 0.455. The van der Waals surface area contributed by atoms with Gasteiger partial charge in [-0.1, -0.05) is 0 Å². The van der Waals surface area contributed by atoms with Gasteiger partial charge in [0.1, 0.15) is 6.67 Å². The fourth-order valence-corrected chi connectivity index (χ4v) is 1.41. The first-order valence-electron chi connectivity index (χ1n) is 5.49. The predicted molar refractivity (Wildman–Crippen MR) is 58.9 cm³/mol. The fourth-order valence-electron chi connectivity index (χ4n) is 1.41. The topological polar surface area (TPSA) is 68.4 Å². The molecule has 1 heterocycles. The molecule has 0 saturated carbocycles. The molecule has 5 nitrogen and oxygen atoms in total. The van der Waals surface area contributed by atoms with E-state index in [1.54, 1.807) is 4.98 Å². The highest BCUT2D eigenvalue weighted by Crippen LogP contribution is 2.24. The minimum atomic E-state index is -5.05. The zero-order valence-corrected chi connectivity index (χ0v) is 10.3. The second-order valence-corrected chi connectivity index (χ2v) is 3.64. The molecule has 9 heteroatoms. The Balaban J connectivity index is 3.16. The van der Waals surface area contributed by atoms with Gasteiger partial charge in [-0.25, -0.2) is 4.39 Å². The molecule has 0 amide bonds. The molecule has 0 aliphatic rings. The summed E-state index contributed by atoms with van der Waals surface area (Å²) in [4.78, 5) is 24.3. The van der Waals surface area contributed by atoms with Gasteiger partial charge in [0, 0.05) is 11.1 Å². The quantitative estimate of drug-likeness (QED) is 0.665. The average Bonchev–Trinajstić information content (AvgIpc) is 2.30. The summed E-state index contributed by atoms with van der Waals surface area (Å²) >= 11 is 0. The predicted octanol–water partition coefficient (Wildman–Crippen LogP) is 1.85. The van der Waals surface area contributed by atoms with Crippen LogP contribution in [0.5, 0.6) is 5.88 Å². The van der Waals surface area contributed by atoms with Gasteiger partial charge in [-0.3, -0.25) is 14.6 Å². The largest absolute Gasteiger partial charge is 0.574 e. The number of esters is 1. The Morgan fingerprint density at radius 3 is 2.50 bits per heavy atom. The van der Waals surface area contributed by atoms with Gasteiger partial charge in [-0.05, 0) is 13.0 Å². The van der Waals surface area contributed by atoms with E-state index in [2.05, 4.69) is 9.47 Å². The third-order valence-corrected chi connectivity index (χ3v) is 2.16. The Morgan fingerprint density at radius 2 is 2.00 bits per heavy atom. The van der Waals surface area contributed by atoms with Gasteiger partial charge >= 0.3 is 12.3 Å². The first-order chi connectivity index (χ1) is 9.26.